The number of aromatic nitrogens is 1. The molecule has 3 rings (SSSR count). The highest BCUT2D eigenvalue weighted by molar-refractivity contribution is 6.01. The molecular formula is C27H32FNO4. The van der Waals surface area contributed by atoms with Crippen molar-refractivity contribution in [1.82, 2.24) is 4.57 Å². The van der Waals surface area contributed by atoms with Gasteiger partial charge in [0.15, 0.2) is 0 Å². The van der Waals surface area contributed by atoms with E-state index in [1.165, 1.54) is 12.1 Å². The van der Waals surface area contributed by atoms with Crippen LogP contribution in [0.3, 0.4) is 0 Å². The fourth-order valence-electron chi connectivity index (χ4n) is 4.07. The van der Waals surface area contributed by atoms with Crippen LogP contribution in [0.5, 0.6) is 0 Å². The fourth-order valence-corrected chi connectivity index (χ4v) is 4.07. The molecule has 1 heterocycles. The summed E-state index contributed by atoms with van der Waals surface area (Å²) in [6.45, 7) is 7.65. The van der Waals surface area contributed by atoms with Crippen LogP contribution >= 0.6 is 0 Å². The van der Waals surface area contributed by atoms with Crippen molar-refractivity contribution in [1.29, 1.82) is 0 Å². The Balaban J connectivity index is 1.94. The van der Waals surface area contributed by atoms with E-state index in [0.717, 1.165) is 27.7 Å². The van der Waals surface area contributed by atoms with Gasteiger partial charge in [0.2, 0.25) is 0 Å². The average molecular weight is 454 g/mol. The standard InChI is InChI=1S/C27H32FNO4/c1-17(2)29-24-8-6-5-7-23(24)27(19-9-11-20(28)12-10-19)25(29)14-13-21(30)15-22(31)16-26(32)33-18(3)4/h5-14,17-18,21-22,30-31H,15-16H2,1-4H3/b14-13+/t21-,22+/m0/s1. The van der Waals surface area contributed by atoms with Crippen molar-refractivity contribution in [2.45, 2.75) is 64.9 Å². The molecule has 0 saturated carbocycles. The molecule has 0 fully saturated rings. The zero-order valence-electron chi connectivity index (χ0n) is 19.5. The number of fused-ring (bicyclic) bond motifs is 1. The summed E-state index contributed by atoms with van der Waals surface area (Å²) < 4.78 is 20.8. The molecule has 0 saturated heterocycles. The lowest BCUT2D eigenvalue weighted by Crippen LogP contribution is -2.22. The summed E-state index contributed by atoms with van der Waals surface area (Å²) in [5.74, 6) is -0.795. The van der Waals surface area contributed by atoms with Crippen molar-refractivity contribution >= 4 is 22.9 Å². The third kappa shape index (κ3) is 6.09. The first-order valence-corrected chi connectivity index (χ1v) is 11.3. The summed E-state index contributed by atoms with van der Waals surface area (Å²) in [4.78, 5) is 11.8. The molecule has 2 atom stereocenters. The Labute approximate surface area is 194 Å². The van der Waals surface area contributed by atoms with Crippen LogP contribution in [0.25, 0.3) is 28.1 Å². The number of hydrogen-bond acceptors (Lipinski definition) is 4. The number of ether oxygens (including phenoxy) is 1. The maximum Gasteiger partial charge on any atom is 0.308 e. The summed E-state index contributed by atoms with van der Waals surface area (Å²) in [7, 11) is 0. The number of benzene rings is 2. The zero-order valence-corrected chi connectivity index (χ0v) is 19.5. The third-order valence-electron chi connectivity index (χ3n) is 5.36. The molecule has 0 bridgehead atoms. The van der Waals surface area contributed by atoms with Gasteiger partial charge < -0.3 is 19.5 Å². The average Bonchev–Trinajstić information content (AvgIpc) is 3.06. The number of nitrogens with zero attached hydrogens (tertiary/aromatic N) is 1. The van der Waals surface area contributed by atoms with E-state index >= 15 is 0 Å². The Bertz CT molecular complexity index is 1120. The molecule has 6 heteroatoms. The van der Waals surface area contributed by atoms with Crippen LogP contribution in [-0.4, -0.2) is 39.1 Å². The van der Waals surface area contributed by atoms with Gasteiger partial charge >= 0.3 is 5.97 Å². The van der Waals surface area contributed by atoms with Gasteiger partial charge in [-0.1, -0.05) is 36.4 Å². The van der Waals surface area contributed by atoms with E-state index in [0.29, 0.717) is 0 Å². The maximum atomic E-state index is 13.6. The largest absolute Gasteiger partial charge is 0.463 e. The molecule has 1 aromatic heterocycles. The first kappa shape index (κ1) is 24.7. The zero-order chi connectivity index (χ0) is 24.1. The molecule has 0 spiro atoms. The highest BCUT2D eigenvalue weighted by Crippen LogP contribution is 2.38. The van der Waals surface area contributed by atoms with Crippen molar-refractivity contribution in [2.75, 3.05) is 0 Å². The maximum absolute atomic E-state index is 13.6. The van der Waals surface area contributed by atoms with E-state index in [1.54, 1.807) is 32.1 Å². The van der Waals surface area contributed by atoms with Crippen LogP contribution in [0.1, 0.15) is 52.3 Å². The topological polar surface area (TPSA) is 71.7 Å². The van der Waals surface area contributed by atoms with E-state index in [4.69, 9.17) is 4.74 Å². The predicted molar refractivity (Wildman–Crippen MR) is 129 cm³/mol. The molecule has 0 radical (unpaired) electrons. The number of carbonyl (C=O) groups excluding carboxylic acids is 1. The van der Waals surface area contributed by atoms with Gasteiger partial charge in [0.1, 0.15) is 5.82 Å². The molecule has 3 aromatic rings. The van der Waals surface area contributed by atoms with Gasteiger partial charge in [-0.25, -0.2) is 4.39 Å². The Kier molecular flexibility index (Phi) is 8.06. The van der Waals surface area contributed by atoms with Gasteiger partial charge in [-0.15, -0.1) is 0 Å². The van der Waals surface area contributed by atoms with E-state index in [1.807, 2.05) is 30.3 Å². The van der Waals surface area contributed by atoms with Gasteiger partial charge in [-0.05, 0) is 57.5 Å². The number of halogens is 1. The summed E-state index contributed by atoms with van der Waals surface area (Å²) in [6.07, 6.45) is 1.08. The second kappa shape index (κ2) is 10.8. The molecule has 0 aliphatic carbocycles. The van der Waals surface area contributed by atoms with Crippen molar-refractivity contribution in [3.8, 4) is 11.1 Å². The fraction of sp³-hybridized carbons (Fsp3) is 0.370. The number of rotatable bonds is 9. The molecule has 176 valence electrons. The van der Waals surface area contributed by atoms with Crippen molar-refractivity contribution in [3.63, 3.8) is 0 Å². The molecule has 0 amide bonds. The number of para-hydroxylation sites is 1. The summed E-state index contributed by atoms with van der Waals surface area (Å²) >= 11 is 0. The van der Waals surface area contributed by atoms with E-state index < -0.39 is 18.2 Å². The van der Waals surface area contributed by atoms with Crippen molar-refractivity contribution in [3.05, 3.63) is 66.1 Å². The normalized spacial score (nSPS) is 13.8. The summed E-state index contributed by atoms with van der Waals surface area (Å²) in [5.41, 5.74) is 3.74. The van der Waals surface area contributed by atoms with E-state index in [9.17, 15) is 19.4 Å². The Morgan fingerprint density at radius 2 is 1.73 bits per heavy atom. The lowest BCUT2D eigenvalue weighted by atomic mass is 10.0. The van der Waals surface area contributed by atoms with Gasteiger partial charge in [0.05, 0.1) is 24.7 Å². The second-order valence-corrected chi connectivity index (χ2v) is 8.81. The van der Waals surface area contributed by atoms with E-state index in [2.05, 4.69) is 18.4 Å². The summed E-state index contributed by atoms with van der Waals surface area (Å²) in [5, 5.41) is 21.7. The second-order valence-electron chi connectivity index (χ2n) is 8.81. The molecule has 0 unspecified atom stereocenters. The van der Waals surface area contributed by atoms with Gasteiger partial charge in [0, 0.05) is 34.6 Å². The lowest BCUT2D eigenvalue weighted by molar-refractivity contribution is -0.149. The van der Waals surface area contributed by atoms with Gasteiger partial charge in [-0.2, -0.15) is 0 Å². The lowest BCUT2D eigenvalue weighted by Gasteiger charge is -2.16. The number of aliphatic hydroxyl groups is 2. The van der Waals surface area contributed by atoms with Crippen LogP contribution < -0.4 is 0 Å². The van der Waals surface area contributed by atoms with Crippen LogP contribution in [0.2, 0.25) is 0 Å². The molecule has 0 aliphatic heterocycles. The molecular weight excluding hydrogens is 421 g/mol. The molecule has 0 aliphatic rings. The number of hydrogen-bond donors (Lipinski definition) is 2. The highest BCUT2D eigenvalue weighted by atomic mass is 19.1. The SMILES string of the molecule is CC(C)OC(=O)C[C@H](O)C[C@@H](O)/C=C/c1c(-c2ccc(F)cc2)c2ccccc2n1C(C)C. The van der Waals surface area contributed by atoms with Crippen LogP contribution in [0.4, 0.5) is 4.39 Å². The Morgan fingerprint density at radius 1 is 1.06 bits per heavy atom. The predicted octanol–water partition coefficient (Wildman–Crippen LogP) is 5.50. The smallest absolute Gasteiger partial charge is 0.308 e. The van der Waals surface area contributed by atoms with Gasteiger partial charge in [0.25, 0.3) is 0 Å². The molecule has 2 aromatic carbocycles. The van der Waals surface area contributed by atoms with Crippen LogP contribution in [0.15, 0.2) is 54.6 Å². The monoisotopic (exact) mass is 453 g/mol. The van der Waals surface area contributed by atoms with Crippen molar-refractivity contribution < 1.29 is 24.1 Å². The minimum Gasteiger partial charge on any atom is -0.463 e. The molecule has 5 nitrogen and oxygen atoms in total. The highest BCUT2D eigenvalue weighted by Gasteiger charge is 2.20. The number of carbonyl (C=O) groups is 1. The first-order chi connectivity index (χ1) is 15.7. The van der Waals surface area contributed by atoms with Crippen LogP contribution in [0, 0.1) is 5.82 Å². The van der Waals surface area contributed by atoms with E-state index in [-0.39, 0.29) is 30.8 Å². The number of esters is 1. The van der Waals surface area contributed by atoms with Crippen LogP contribution in [-0.2, 0) is 9.53 Å². The molecule has 33 heavy (non-hydrogen) atoms. The minimum atomic E-state index is -1.01. The Hall–Kier alpha value is -2.96. The van der Waals surface area contributed by atoms with Crippen molar-refractivity contribution in [2.24, 2.45) is 0 Å². The van der Waals surface area contributed by atoms with Gasteiger partial charge in [-0.3, -0.25) is 4.79 Å². The Morgan fingerprint density at radius 3 is 2.36 bits per heavy atom. The number of aliphatic hydroxyl groups excluding tert-OH is 2. The first-order valence-electron chi connectivity index (χ1n) is 11.3. The quantitative estimate of drug-likeness (QED) is 0.420. The summed E-state index contributed by atoms with van der Waals surface area (Å²) in [6, 6.07) is 14.5. The molecule has 2 N–H and O–H groups in total. The third-order valence-corrected chi connectivity index (χ3v) is 5.36. The minimum absolute atomic E-state index is 0.0114.